The number of rotatable bonds is 7. The van der Waals surface area contributed by atoms with Crippen molar-refractivity contribution in [1.29, 1.82) is 0 Å². The average Bonchev–Trinajstić information content (AvgIpc) is 2.17. The van der Waals surface area contributed by atoms with E-state index in [0.717, 1.165) is 0 Å². The molecule has 0 aliphatic rings. The highest BCUT2D eigenvalue weighted by Gasteiger charge is 2.42. The van der Waals surface area contributed by atoms with E-state index < -0.39 is 33.2 Å². The van der Waals surface area contributed by atoms with Gasteiger partial charge in [-0.1, -0.05) is 13.8 Å². The number of carbonyl (C=O) groups is 2. The van der Waals surface area contributed by atoms with Crippen LogP contribution < -0.4 is 5.32 Å². The molecule has 0 aromatic rings. The van der Waals surface area contributed by atoms with Gasteiger partial charge in [0, 0.05) is 6.54 Å². The highest BCUT2D eigenvalue weighted by molar-refractivity contribution is 7.85. The lowest BCUT2D eigenvalue weighted by Gasteiger charge is -2.25. The Bertz CT molecular complexity index is 384. The number of aliphatic carboxylic acids is 1. The summed E-state index contributed by atoms with van der Waals surface area (Å²) in [5.41, 5.74) is -1.54. The molecule has 100 valence electrons. The van der Waals surface area contributed by atoms with Gasteiger partial charge in [-0.25, -0.2) is 0 Å². The van der Waals surface area contributed by atoms with Crippen molar-refractivity contribution >= 4 is 22.0 Å². The van der Waals surface area contributed by atoms with Gasteiger partial charge in [0.25, 0.3) is 10.1 Å². The lowest BCUT2D eigenvalue weighted by atomic mass is 9.81. The number of nitrogens with one attached hydrogen (secondary N) is 1. The largest absolute Gasteiger partial charge is 0.480 e. The Kier molecular flexibility index (Phi) is 5.56. The SMILES string of the molecule is CCC(CC)(C(=O)O)C(=O)NCCS(=O)(=O)O. The number of hydrogen-bond acceptors (Lipinski definition) is 4. The molecule has 0 saturated carbocycles. The molecular weight excluding hydrogens is 250 g/mol. The summed E-state index contributed by atoms with van der Waals surface area (Å²) in [5, 5.41) is 11.2. The Morgan fingerprint density at radius 3 is 2.00 bits per heavy atom. The lowest BCUT2D eigenvalue weighted by molar-refractivity contribution is -0.156. The maximum absolute atomic E-state index is 11.7. The zero-order valence-electron chi connectivity index (χ0n) is 9.76. The van der Waals surface area contributed by atoms with E-state index in [-0.39, 0.29) is 19.4 Å². The molecule has 0 aromatic carbocycles. The Balaban J connectivity index is 4.62. The predicted molar refractivity (Wildman–Crippen MR) is 60.1 cm³/mol. The molecule has 17 heavy (non-hydrogen) atoms. The van der Waals surface area contributed by atoms with Gasteiger partial charge in [0.1, 0.15) is 5.41 Å². The molecule has 0 heterocycles. The summed E-state index contributed by atoms with van der Waals surface area (Å²) >= 11 is 0. The Morgan fingerprint density at radius 2 is 1.71 bits per heavy atom. The first-order valence-corrected chi connectivity index (χ1v) is 6.77. The molecule has 0 atom stereocenters. The molecule has 0 fully saturated rings. The van der Waals surface area contributed by atoms with Crippen molar-refractivity contribution in [3.05, 3.63) is 0 Å². The van der Waals surface area contributed by atoms with Crippen LogP contribution in [0.25, 0.3) is 0 Å². The van der Waals surface area contributed by atoms with Crippen molar-refractivity contribution in [2.75, 3.05) is 12.3 Å². The van der Waals surface area contributed by atoms with Crippen LogP contribution in [0.1, 0.15) is 26.7 Å². The van der Waals surface area contributed by atoms with Crippen LogP contribution in [0.3, 0.4) is 0 Å². The molecule has 0 spiro atoms. The summed E-state index contributed by atoms with van der Waals surface area (Å²) in [6.45, 7) is 2.83. The molecule has 1 amide bonds. The minimum atomic E-state index is -4.16. The van der Waals surface area contributed by atoms with E-state index in [2.05, 4.69) is 5.32 Å². The van der Waals surface area contributed by atoms with Gasteiger partial charge in [-0.3, -0.25) is 14.1 Å². The predicted octanol–water partition coefficient (Wildman–Crippen LogP) is -0.119. The first-order valence-electron chi connectivity index (χ1n) is 5.16. The van der Waals surface area contributed by atoms with E-state index in [0.29, 0.717) is 0 Å². The molecule has 3 N–H and O–H groups in total. The van der Waals surface area contributed by atoms with E-state index in [4.69, 9.17) is 9.66 Å². The van der Waals surface area contributed by atoms with Crippen LogP contribution in [-0.2, 0) is 19.7 Å². The second kappa shape index (κ2) is 5.97. The summed E-state index contributed by atoms with van der Waals surface area (Å²) in [4.78, 5) is 22.7. The molecule has 0 unspecified atom stereocenters. The molecule has 8 heteroatoms. The topological polar surface area (TPSA) is 121 Å². The number of carboxylic acids is 1. The van der Waals surface area contributed by atoms with E-state index in [1.807, 2.05) is 0 Å². The van der Waals surface area contributed by atoms with Gasteiger partial charge in [-0.05, 0) is 12.8 Å². The molecule has 0 aliphatic carbocycles. The van der Waals surface area contributed by atoms with Gasteiger partial charge < -0.3 is 10.4 Å². The van der Waals surface area contributed by atoms with Gasteiger partial charge >= 0.3 is 5.97 Å². The normalized spacial score (nSPS) is 12.2. The first kappa shape index (κ1) is 15.9. The van der Waals surface area contributed by atoms with Crippen LogP contribution in [0.4, 0.5) is 0 Å². The summed E-state index contributed by atoms with van der Waals surface area (Å²) in [6.07, 6.45) is 0.215. The molecule has 7 nitrogen and oxygen atoms in total. The summed E-state index contributed by atoms with van der Waals surface area (Å²) in [7, 11) is -4.16. The van der Waals surface area contributed by atoms with Crippen molar-refractivity contribution in [2.45, 2.75) is 26.7 Å². The van der Waals surface area contributed by atoms with E-state index in [1.54, 1.807) is 13.8 Å². The van der Waals surface area contributed by atoms with Crippen LogP contribution in [0.5, 0.6) is 0 Å². The van der Waals surface area contributed by atoms with Gasteiger partial charge in [0.2, 0.25) is 5.91 Å². The van der Waals surface area contributed by atoms with Crippen LogP contribution >= 0.6 is 0 Å². The second-order valence-electron chi connectivity index (χ2n) is 3.64. The number of carbonyl (C=O) groups excluding carboxylic acids is 1. The molecule has 0 bridgehead atoms. The number of amides is 1. The van der Waals surface area contributed by atoms with Crippen molar-refractivity contribution < 1.29 is 27.7 Å². The third kappa shape index (κ3) is 4.31. The van der Waals surface area contributed by atoms with Crippen LogP contribution in [0.15, 0.2) is 0 Å². The molecule has 0 aromatic heterocycles. The Morgan fingerprint density at radius 1 is 1.24 bits per heavy atom. The van der Waals surface area contributed by atoms with Gasteiger partial charge in [0.05, 0.1) is 5.75 Å². The van der Waals surface area contributed by atoms with Crippen LogP contribution in [0, 0.1) is 5.41 Å². The van der Waals surface area contributed by atoms with Crippen LogP contribution in [-0.4, -0.2) is 42.3 Å². The Labute approximate surface area is 100.0 Å². The van der Waals surface area contributed by atoms with Crippen LogP contribution in [0.2, 0.25) is 0 Å². The van der Waals surface area contributed by atoms with Crippen molar-refractivity contribution in [3.63, 3.8) is 0 Å². The maximum atomic E-state index is 11.7. The highest BCUT2D eigenvalue weighted by atomic mass is 32.2. The minimum absolute atomic E-state index is 0.108. The van der Waals surface area contributed by atoms with E-state index in [9.17, 15) is 18.0 Å². The highest BCUT2D eigenvalue weighted by Crippen LogP contribution is 2.26. The smallest absolute Gasteiger partial charge is 0.319 e. The fourth-order valence-electron chi connectivity index (χ4n) is 1.43. The maximum Gasteiger partial charge on any atom is 0.319 e. The third-order valence-corrected chi connectivity index (χ3v) is 3.42. The lowest BCUT2D eigenvalue weighted by Crippen LogP contribution is -2.47. The Hall–Kier alpha value is -1.15. The van der Waals surface area contributed by atoms with E-state index in [1.165, 1.54) is 0 Å². The summed E-state index contributed by atoms with van der Waals surface area (Å²) in [6, 6.07) is 0. The van der Waals surface area contributed by atoms with Crippen molar-refractivity contribution in [3.8, 4) is 0 Å². The quantitative estimate of drug-likeness (QED) is 0.437. The molecular formula is C9H17NO6S. The molecule has 0 saturated heterocycles. The third-order valence-electron chi connectivity index (χ3n) is 2.70. The first-order chi connectivity index (χ1) is 7.69. The minimum Gasteiger partial charge on any atom is -0.480 e. The second-order valence-corrected chi connectivity index (χ2v) is 5.21. The zero-order valence-corrected chi connectivity index (χ0v) is 10.6. The zero-order chi connectivity index (χ0) is 13.7. The van der Waals surface area contributed by atoms with Gasteiger partial charge in [0.15, 0.2) is 0 Å². The monoisotopic (exact) mass is 267 g/mol. The van der Waals surface area contributed by atoms with Gasteiger partial charge in [-0.15, -0.1) is 0 Å². The molecule has 0 radical (unpaired) electrons. The summed E-state index contributed by atoms with van der Waals surface area (Å²) in [5.74, 6) is -2.62. The number of carboxylic acid groups (broad SMARTS) is 1. The van der Waals surface area contributed by atoms with Crippen molar-refractivity contribution in [1.82, 2.24) is 5.32 Å². The standard InChI is InChI=1S/C9H17NO6S/c1-3-9(4-2,8(12)13)7(11)10-5-6-17(14,15)16/h3-6H2,1-2H3,(H,10,11)(H,12,13)(H,14,15,16). The van der Waals surface area contributed by atoms with E-state index >= 15 is 0 Å². The average molecular weight is 267 g/mol. The van der Waals surface area contributed by atoms with Crippen molar-refractivity contribution in [2.24, 2.45) is 5.41 Å². The molecule has 0 rings (SSSR count). The fraction of sp³-hybridized carbons (Fsp3) is 0.778. The number of hydrogen-bond donors (Lipinski definition) is 3. The summed E-state index contributed by atoms with van der Waals surface area (Å²) < 4.78 is 29.3. The molecule has 0 aliphatic heterocycles. The fourth-order valence-corrected chi connectivity index (χ4v) is 1.79. The van der Waals surface area contributed by atoms with Gasteiger partial charge in [-0.2, -0.15) is 8.42 Å².